The summed E-state index contributed by atoms with van der Waals surface area (Å²) in [6.07, 6.45) is 3.39. The maximum absolute atomic E-state index is 11.5. The van der Waals surface area contributed by atoms with Gasteiger partial charge in [-0.25, -0.2) is 0 Å². The van der Waals surface area contributed by atoms with Gasteiger partial charge in [0.15, 0.2) is 0 Å². The zero-order valence-electron chi connectivity index (χ0n) is 17.0. The van der Waals surface area contributed by atoms with Crippen molar-refractivity contribution in [2.45, 2.75) is 25.7 Å². The molecule has 30 heavy (non-hydrogen) atoms. The van der Waals surface area contributed by atoms with Crippen LogP contribution < -0.4 is 15.0 Å². The third-order valence-electron chi connectivity index (χ3n) is 5.78. The molecule has 0 saturated carbocycles. The van der Waals surface area contributed by atoms with Gasteiger partial charge in [0.1, 0.15) is 5.75 Å². The van der Waals surface area contributed by atoms with Crippen molar-refractivity contribution < 1.29 is 9.53 Å². The SMILES string of the molecule is O=C1CCc2c(cccc2OCCCCN2CCN(c3cccc(Cl)c3Cl)CC2)N1. The number of hydrogen-bond donors (Lipinski definition) is 1. The van der Waals surface area contributed by atoms with Crippen LogP contribution in [0.2, 0.25) is 10.0 Å². The lowest BCUT2D eigenvalue weighted by Gasteiger charge is -2.36. The van der Waals surface area contributed by atoms with Gasteiger partial charge in [-0.1, -0.05) is 35.3 Å². The van der Waals surface area contributed by atoms with Gasteiger partial charge in [-0.05, 0) is 50.1 Å². The number of benzene rings is 2. The Hall–Kier alpha value is -1.95. The predicted molar refractivity (Wildman–Crippen MR) is 123 cm³/mol. The van der Waals surface area contributed by atoms with E-state index in [0.29, 0.717) is 23.1 Å². The zero-order valence-corrected chi connectivity index (χ0v) is 18.5. The molecule has 0 unspecified atom stereocenters. The fourth-order valence-electron chi connectivity index (χ4n) is 4.10. The van der Waals surface area contributed by atoms with E-state index in [-0.39, 0.29) is 5.91 Å². The Morgan fingerprint density at radius 1 is 0.967 bits per heavy atom. The van der Waals surface area contributed by atoms with Crippen molar-refractivity contribution in [3.8, 4) is 5.75 Å². The number of unbranched alkanes of at least 4 members (excludes halogenated alkanes) is 1. The molecule has 5 nitrogen and oxygen atoms in total. The summed E-state index contributed by atoms with van der Waals surface area (Å²) in [5.74, 6) is 0.983. The van der Waals surface area contributed by atoms with Gasteiger partial charge in [0.05, 0.1) is 22.3 Å². The number of fused-ring (bicyclic) bond motifs is 1. The van der Waals surface area contributed by atoms with Gasteiger partial charge in [0.25, 0.3) is 0 Å². The number of amides is 1. The van der Waals surface area contributed by atoms with Gasteiger partial charge in [-0.3, -0.25) is 9.69 Å². The number of carbonyl (C=O) groups is 1. The van der Waals surface area contributed by atoms with Crippen LogP contribution in [0, 0.1) is 0 Å². The van der Waals surface area contributed by atoms with E-state index >= 15 is 0 Å². The van der Waals surface area contributed by atoms with Crippen LogP contribution in [0.5, 0.6) is 5.75 Å². The average Bonchev–Trinajstić information content (AvgIpc) is 2.76. The topological polar surface area (TPSA) is 44.8 Å². The smallest absolute Gasteiger partial charge is 0.224 e. The van der Waals surface area contributed by atoms with E-state index in [0.717, 1.165) is 74.7 Å². The maximum atomic E-state index is 11.5. The molecule has 2 heterocycles. The minimum atomic E-state index is 0.0809. The summed E-state index contributed by atoms with van der Waals surface area (Å²) < 4.78 is 6.02. The molecule has 2 aromatic rings. The zero-order chi connectivity index (χ0) is 20.9. The molecule has 4 rings (SSSR count). The van der Waals surface area contributed by atoms with Gasteiger partial charge >= 0.3 is 0 Å². The first-order valence-corrected chi connectivity index (χ1v) is 11.3. The lowest BCUT2D eigenvalue weighted by Crippen LogP contribution is -2.46. The Morgan fingerprint density at radius 3 is 2.60 bits per heavy atom. The highest BCUT2D eigenvalue weighted by molar-refractivity contribution is 6.43. The highest BCUT2D eigenvalue weighted by atomic mass is 35.5. The second kappa shape index (κ2) is 9.90. The summed E-state index contributed by atoms with van der Waals surface area (Å²) >= 11 is 12.5. The van der Waals surface area contributed by atoms with Crippen LogP contribution in [-0.4, -0.2) is 50.1 Å². The van der Waals surface area contributed by atoms with Crippen molar-refractivity contribution in [2.75, 3.05) is 49.5 Å². The van der Waals surface area contributed by atoms with E-state index in [4.69, 9.17) is 27.9 Å². The quantitative estimate of drug-likeness (QED) is 0.615. The van der Waals surface area contributed by atoms with Crippen molar-refractivity contribution in [2.24, 2.45) is 0 Å². The Kier molecular flexibility index (Phi) is 7.03. The average molecular weight is 448 g/mol. The van der Waals surface area contributed by atoms with Crippen LogP contribution in [-0.2, 0) is 11.2 Å². The minimum Gasteiger partial charge on any atom is -0.493 e. The van der Waals surface area contributed by atoms with Crippen molar-refractivity contribution in [1.29, 1.82) is 0 Å². The van der Waals surface area contributed by atoms with E-state index < -0.39 is 0 Å². The number of halogens is 2. The first-order valence-electron chi connectivity index (χ1n) is 10.6. The minimum absolute atomic E-state index is 0.0809. The molecule has 1 N–H and O–H groups in total. The molecule has 2 aliphatic heterocycles. The molecule has 2 aliphatic rings. The highest BCUT2D eigenvalue weighted by Gasteiger charge is 2.20. The summed E-state index contributed by atoms with van der Waals surface area (Å²) in [5, 5.41) is 4.18. The number of ether oxygens (including phenoxy) is 1. The summed E-state index contributed by atoms with van der Waals surface area (Å²) in [6, 6.07) is 11.7. The summed E-state index contributed by atoms with van der Waals surface area (Å²) in [7, 11) is 0. The van der Waals surface area contributed by atoms with Gasteiger partial charge in [0.2, 0.25) is 5.91 Å². The van der Waals surface area contributed by atoms with Crippen molar-refractivity contribution in [3.05, 3.63) is 52.0 Å². The second-order valence-electron chi connectivity index (χ2n) is 7.79. The number of carbonyl (C=O) groups excluding carboxylic acids is 1. The van der Waals surface area contributed by atoms with E-state index in [1.54, 1.807) is 0 Å². The monoisotopic (exact) mass is 447 g/mol. The fraction of sp³-hybridized carbons (Fsp3) is 0.435. The number of nitrogens with one attached hydrogen (secondary N) is 1. The molecular weight excluding hydrogens is 421 g/mol. The Balaban J connectivity index is 1.18. The summed E-state index contributed by atoms with van der Waals surface area (Å²) in [6.45, 7) is 5.73. The normalized spacial score (nSPS) is 16.9. The molecule has 1 fully saturated rings. The van der Waals surface area contributed by atoms with Crippen LogP contribution in [0.25, 0.3) is 0 Å². The van der Waals surface area contributed by atoms with E-state index in [9.17, 15) is 4.79 Å². The molecule has 2 aromatic carbocycles. The maximum Gasteiger partial charge on any atom is 0.224 e. The fourth-order valence-corrected chi connectivity index (χ4v) is 4.51. The standard InChI is InChI=1S/C23H27Cl2N3O2/c24-18-5-3-7-20(23(18)25)28-14-12-27(13-15-28)11-1-2-16-30-21-8-4-6-19-17(21)9-10-22(29)26-19/h3-8H,1-2,9-16H2,(H,26,29). The number of hydrogen-bond acceptors (Lipinski definition) is 4. The van der Waals surface area contributed by atoms with Crippen molar-refractivity contribution >= 4 is 40.5 Å². The molecule has 0 aromatic heterocycles. The predicted octanol–water partition coefficient (Wildman–Crippen LogP) is 4.86. The lowest BCUT2D eigenvalue weighted by molar-refractivity contribution is -0.116. The van der Waals surface area contributed by atoms with Crippen molar-refractivity contribution in [3.63, 3.8) is 0 Å². The van der Waals surface area contributed by atoms with Crippen molar-refractivity contribution in [1.82, 2.24) is 4.90 Å². The molecule has 0 bridgehead atoms. The van der Waals surface area contributed by atoms with Crippen LogP contribution in [0.15, 0.2) is 36.4 Å². The number of rotatable bonds is 7. The second-order valence-corrected chi connectivity index (χ2v) is 8.57. The van der Waals surface area contributed by atoms with E-state index in [2.05, 4.69) is 15.1 Å². The first-order chi connectivity index (χ1) is 14.6. The molecule has 0 radical (unpaired) electrons. The van der Waals surface area contributed by atoms with Gasteiger partial charge < -0.3 is 15.0 Å². The lowest BCUT2D eigenvalue weighted by atomic mass is 10.0. The van der Waals surface area contributed by atoms with Crippen LogP contribution in [0.3, 0.4) is 0 Å². The molecule has 160 valence electrons. The summed E-state index contributed by atoms with van der Waals surface area (Å²) in [4.78, 5) is 16.4. The van der Waals surface area contributed by atoms with E-state index in [1.807, 2.05) is 36.4 Å². The molecular formula is C23H27Cl2N3O2. The number of anilines is 2. The number of piperazine rings is 1. The molecule has 0 aliphatic carbocycles. The Bertz CT molecular complexity index is 898. The first kappa shape index (κ1) is 21.3. The highest BCUT2D eigenvalue weighted by Crippen LogP contribution is 2.33. The van der Waals surface area contributed by atoms with Crippen LogP contribution >= 0.6 is 23.2 Å². The molecule has 7 heteroatoms. The molecule has 1 saturated heterocycles. The molecule has 0 spiro atoms. The molecule has 0 atom stereocenters. The largest absolute Gasteiger partial charge is 0.493 e. The van der Waals surface area contributed by atoms with Crippen LogP contribution in [0.1, 0.15) is 24.8 Å². The molecule has 1 amide bonds. The Labute approximate surface area is 187 Å². The van der Waals surface area contributed by atoms with E-state index in [1.165, 1.54) is 0 Å². The van der Waals surface area contributed by atoms with Crippen LogP contribution in [0.4, 0.5) is 11.4 Å². The van der Waals surface area contributed by atoms with Gasteiger partial charge in [-0.15, -0.1) is 0 Å². The third kappa shape index (κ3) is 5.02. The summed E-state index contributed by atoms with van der Waals surface area (Å²) in [5.41, 5.74) is 3.04. The number of nitrogens with zero attached hydrogens (tertiary/aromatic N) is 2. The van der Waals surface area contributed by atoms with Gasteiger partial charge in [-0.2, -0.15) is 0 Å². The Morgan fingerprint density at radius 2 is 1.77 bits per heavy atom. The van der Waals surface area contributed by atoms with Gasteiger partial charge in [0, 0.05) is 43.9 Å². The third-order valence-corrected chi connectivity index (χ3v) is 6.59.